The Labute approximate surface area is 144 Å². The Balaban J connectivity index is 1.55. The third-order valence-corrected chi connectivity index (χ3v) is 3.80. The van der Waals surface area contributed by atoms with Gasteiger partial charge in [0.15, 0.2) is 0 Å². The number of hydrogen-bond donors (Lipinski definition) is 1. The summed E-state index contributed by atoms with van der Waals surface area (Å²) in [5.74, 6) is -0.337. The minimum absolute atomic E-state index is 0.306. The molecule has 6 heteroatoms. The molecule has 0 aliphatic heterocycles. The molecule has 1 heterocycles. The summed E-state index contributed by atoms with van der Waals surface area (Å²) < 4.78 is 1.66. The largest absolute Gasteiger partial charge is 0.278 e. The lowest BCUT2D eigenvalue weighted by Crippen LogP contribution is -2.23. The maximum atomic E-state index is 12.1. The van der Waals surface area contributed by atoms with Gasteiger partial charge in [-0.15, -0.1) is 0 Å². The quantitative estimate of drug-likeness (QED) is 0.699. The standard InChI is InChI=1S/C18H16ClN3O2/c19-17-9-5-4-8-15(17)11-22-12-16(10-20-22)18(23)21-24-13-14-6-2-1-3-7-14/h1-10,12H,11,13H2,(H,21,23). The molecule has 0 saturated carbocycles. The molecule has 3 aromatic rings. The molecule has 0 aliphatic rings. The fourth-order valence-corrected chi connectivity index (χ4v) is 2.38. The summed E-state index contributed by atoms with van der Waals surface area (Å²) in [5, 5.41) is 4.85. The number of rotatable bonds is 6. The van der Waals surface area contributed by atoms with E-state index in [-0.39, 0.29) is 5.91 Å². The van der Waals surface area contributed by atoms with Crippen LogP contribution in [-0.4, -0.2) is 15.7 Å². The third kappa shape index (κ3) is 4.22. The second-order valence-electron chi connectivity index (χ2n) is 5.22. The zero-order valence-electron chi connectivity index (χ0n) is 12.9. The van der Waals surface area contributed by atoms with Gasteiger partial charge in [-0.05, 0) is 17.2 Å². The number of hydrogen-bond acceptors (Lipinski definition) is 3. The second kappa shape index (κ2) is 7.77. The van der Waals surface area contributed by atoms with E-state index in [0.717, 1.165) is 11.1 Å². The van der Waals surface area contributed by atoms with Crippen molar-refractivity contribution in [3.63, 3.8) is 0 Å². The van der Waals surface area contributed by atoms with Crippen LogP contribution in [0.15, 0.2) is 67.0 Å². The Morgan fingerprint density at radius 2 is 1.88 bits per heavy atom. The van der Waals surface area contributed by atoms with Crippen LogP contribution in [0, 0.1) is 0 Å². The van der Waals surface area contributed by atoms with Gasteiger partial charge in [-0.2, -0.15) is 5.10 Å². The van der Waals surface area contributed by atoms with E-state index < -0.39 is 0 Å². The van der Waals surface area contributed by atoms with Gasteiger partial charge in [0.05, 0.1) is 24.9 Å². The normalized spacial score (nSPS) is 10.5. The van der Waals surface area contributed by atoms with Crippen LogP contribution in [0.2, 0.25) is 5.02 Å². The first-order chi connectivity index (χ1) is 11.7. The number of nitrogens with one attached hydrogen (secondary N) is 1. The van der Waals surface area contributed by atoms with E-state index in [9.17, 15) is 4.79 Å². The summed E-state index contributed by atoms with van der Waals surface area (Å²) >= 11 is 6.13. The van der Waals surface area contributed by atoms with Crippen molar-refractivity contribution < 1.29 is 9.63 Å². The van der Waals surface area contributed by atoms with Crippen molar-refractivity contribution in [2.75, 3.05) is 0 Å². The van der Waals surface area contributed by atoms with Gasteiger partial charge in [0.2, 0.25) is 0 Å². The van der Waals surface area contributed by atoms with Crippen molar-refractivity contribution in [2.45, 2.75) is 13.2 Å². The molecule has 1 N–H and O–H groups in total. The topological polar surface area (TPSA) is 56.1 Å². The average molecular weight is 342 g/mol. The Morgan fingerprint density at radius 3 is 2.67 bits per heavy atom. The lowest BCUT2D eigenvalue weighted by molar-refractivity contribution is 0.0233. The molecule has 1 amide bonds. The van der Waals surface area contributed by atoms with Gasteiger partial charge in [-0.3, -0.25) is 14.3 Å². The second-order valence-corrected chi connectivity index (χ2v) is 5.63. The van der Waals surface area contributed by atoms with E-state index in [4.69, 9.17) is 16.4 Å². The smallest absolute Gasteiger partial charge is 0.269 e. The molecule has 0 bridgehead atoms. The fraction of sp³-hybridized carbons (Fsp3) is 0.111. The van der Waals surface area contributed by atoms with Crippen molar-refractivity contribution in [1.29, 1.82) is 0 Å². The van der Waals surface area contributed by atoms with Gasteiger partial charge >= 0.3 is 0 Å². The van der Waals surface area contributed by atoms with Crippen molar-refractivity contribution in [3.05, 3.63) is 88.7 Å². The Hall–Kier alpha value is -2.63. The lowest BCUT2D eigenvalue weighted by Gasteiger charge is -2.05. The van der Waals surface area contributed by atoms with Gasteiger partial charge in [0, 0.05) is 11.2 Å². The van der Waals surface area contributed by atoms with Crippen LogP contribution in [0.5, 0.6) is 0 Å². The number of hydroxylamine groups is 1. The first kappa shape index (κ1) is 16.2. The molecular weight excluding hydrogens is 326 g/mol. The summed E-state index contributed by atoms with van der Waals surface area (Å²) in [6, 6.07) is 17.1. The van der Waals surface area contributed by atoms with E-state index in [1.807, 2.05) is 54.6 Å². The first-order valence-corrected chi connectivity index (χ1v) is 7.82. The Morgan fingerprint density at radius 1 is 1.12 bits per heavy atom. The molecule has 5 nitrogen and oxygen atoms in total. The zero-order chi connectivity index (χ0) is 16.8. The SMILES string of the molecule is O=C(NOCc1ccccc1)c1cnn(Cc2ccccc2Cl)c1. The number of halogens is 1. The van der Waals surface area contributed by atoms with Crippen LogP contribution in [-0.2, 0) is 18.0 Å². The van der Waals surface area contributed by atoms with Crippen LogP contribution < -0.4 is 5.48 Å². The number of carbonyl (C=O) groups is 1. The molecule has 0 atom stereocenters. The van der Waals surface area contributed by atoms with Gasteiger partial charge in [-0.25, -0.2) is 5.48 Å². The maximum Gasteiger partial charge on any atom is 0.278 e. The molecule has 24 heavy (non-hydrogen) atoms. The summed E-state index contributed by atoms with van der Waals surface area (Å²) in [5.41, 5.74) is 4.76. The van der Waals surface area contributed by atoms with E-state index in [1.54, 1.807) is 10.9 Å². The lowest BCUT2D eigenvalue weighted by atomic mass is 10.2. The molecule has 3 rings (SSSR count). The van der Waals surface area contributed by atoms with Crippen LogP contribution in [0.4, 0.5) is 0 Å². The Bertz CT molecular complexity index is 818. The van der Waals surface area contributed by atoms with E-state index in [0.29, 0.717) is 23.7 Å². The molecule has 2 aromatic carbocycles. The third-order valence-electron chi connectivity index (χ3n) is 3.43. The number of aromatic nitrogens is 2. The molecule has 0 aliphatic carbocycles. The van der Waals surface area contributed by atoms with Crippen LogP contribution >= 0.6 is 11.6 Å². The molecule has 0 spiro atoms. The highest BCUT2D eigenvalue weighted by atomic mass is 35.5. The van der Waals surface area contributed by atoms with E-state index >= 15 is 0 Å². The van der Waals surface area contributed by atoms with Crippen molar-refractivity contribution in [3.8, 4) is 0 Å². The van der Waals surface area contributed by atoms with E-state index in [1.165, 1.54) is 6.20 Å². The highest BCUT2D eigenvalue weighted by Crippen LogP contribution is 2.16. The van der Waals surface area contributed by atoms with Crippen molar-refractivity contribution in [1.82, 2.24) is 15.3 Å². The van der Waals surface area contributed by atoms with E-state index in [2.05, 4.69) is 10.6 Å². The monoisotopic (exact) mass is 341 g/mol. The minimum Gasteiger partial charge on any atom is -0.269 e. The van der Waals surface area contributed by atoms with Gasteiger partial charge in [0.1, 0.15) is 0 Å². The van der Waals surface area contributed by atoms with Crippen LogP contribution in [0.1, 0.15) is 21.5 Å². The van der Waals surface area contributed by atoms with Gasteiger partial charge < -0.3 is 0 Å². The Kier molecular flexibility index (Phi) is 5.25. The first-order valence-electron chi connectivity index (χ1n) is 7.44. The summed E-state index contributed by atoms with van der Waals surface area (Å²) in [7, 11) is 0. The predicted molar refractivity (Wildman–Crippen MR) is 91.5 cm³/mol. The van der Waals surface area contributed by atoms with Crippen molar-refractivity contribution in [2.24, 2.45) is 0 Å². The highest BCUT2D eigenvalue weighted by Gasteiger charge is 2.09. The van der Waals surface area contributed by atoms with Crippen LogP contribution in [0.3, 0.4) is 0 Å². The van der Waals surface area contributed by atoms with Gasteiger partial charge in [0.25, 0.3) is 5.91 Å². The van der Waals surface area contributed by atoms with Crippen LogP contribution in [0.25, 0.3) is 0 Å². The number of amides is 1. The number of benzene rings is 2. The van der Waals surface area contributed by atoms with Gasteiger partial charge in [-0.1, -0.05) is 60.1 Å². The maximum absolute atomic E-state index is 12.1. The molecule has 0 radical (unpaired) electrons. The van der Waals surface area contributed by atoms with Crippen molar-refractivity contribution >= 4 is 17.5 Å². The molecule has 0 fully saturated rings. The fourth-order valence-electron chi connectivity index (χ4n) is 2.19. The molecular formula is C18H16ClN3O2. The highest BCUT2D eigenvalue weighted by molar-refractivity contribution is 6.31. The summed E-state index contributed by atoms with van der Waals surface area (Å²) in [6.07, 6.45) is 3.16. The number of carbonyl (C=O) groups excluding carboxylic acids is 1. The predicted octanol–water partition coefficient (Wildman–Crippen LogP) is 3.45. The summed E-state index contributed by atoms with van der Waals surface area (Å²) in [4.78, 5) is 17.3. The minimum atomic E-state index is -0.337. The molecule has 0 saturated heterocycles. The summed E-state index contributed by atoms with van der Waals surface area (Å²) in [6.45, 7) is 0.804. The molecule has 0 unspecified atom stereocenters. The average Bonchev–Trinajstić information content (AvgIpc) is 3.07. The molecule has 122 valence electrons. The number of nitrogens with zero attached hydrogens (tertiary/aromatic N) is 2. The zero-order valence-corrected chi connectivity index (χ0v) is 13.6. The molecule has 1 aromatic heterocycles.